The average Bonchev–Trinajstić information content (AvgIpc) is 3.19. The van der Waals surface area contributed by atoms with Crippen molar-refractivity contribution in [3.05, 3.63) is 65.5 Å². The van der Waals surface area contributed by atoms with E-state index >= 15 is 0 Å². The summed E-state index contributed by atoms with van der Waals surface area (Å²) in [4.78, 5) is 21.4. The summed E-state index contributed by atoms with van der Waals surface area (Å²) in [6.07, 6.45) is 1.25. The summed E-state index contributed by atoms with van der Waals surface area (Å²) in [6.45, 7) is 9.42. The van der Waals surface area contributed by atoms with E-state index in [2.05, 4.69) is 24.0 Å². The molecule has 0 N–H and O–H groups in total. The summed E-state index contributed by atoms with van der Waals surface area (Å²) < 4.78 is 20.9. The van der Waals surface area contributed by atoms with Crippen molar-refractivity contribution in [2.45, 2.75) is 58.7 Å². The zero-order chi connectivity index (χ0) is 25.2. The topological polar surface area (TPSA) is 63.5 Å². The second-order valence-electron chi connectivity index (χ2n) is 10.2. The number of ether oxygens (including phenoxy) is 1. The molecule has 1 amide bonds. The van der Waals surface area contributed by atoms with Crippen molar-refractivity contribution in [2.24, 2.45) is 7.05 Å². The molecule has 1 saturated heterocycles. The SMILES string of the molecule is Cc1ccc(-c2nc(N(Cc3ccc(F)cc3)C3CCN(C(=O)OC(C)(C)C)CC3)nn2C)cc1. The molecule has 0 atom stereocenters. The number of nitrogens with zero attached hydrogens (tertiary/aromatic N) is 5. The second kappa shape index (κ2) is 10.1. The van der Waals surface area contributed by atoms with Crippen LogP contribution in [0.5, 0.6) is 0 Å². The van der Waals surface area contributed by atoms with Crippen LogP contribution in [0, 0.1) is 12.7 Å². The van der Waals surface area contributed by atoms with E-state index < -0.39 is 5.60 Å². The largest absolute Gasteiger partial charge is 0.444 e. The van der Waals surface area contributed by atoms with Gasteiger partial charge in [-0.15, -0.1) is 5.10 Å². The molecular weight excluding hydrogens is 445 g/mol. The van der Waals surface area contributed by atoms with Crippen LogP contribution in [-0.4, -0.2) is 50.5 Å². The summed E-state index contributed by atoms with van der Waals surface area (Å²) in [5.41, 5.74) is 2.64. The standard InChI is InChI=1S/C27H34FN5O2/c1-19-6-10-21(11-7-19)24-29-25(30-31(24)5)33(18-20-8-12-22(28)13-9-20)23-14-16-32(17-15-23)26(34)35-27(2,3)4/h6-13,23H,14-18H2,1-5H3. The molecule has 35 heavy (non-hydrogen) atoms. The number of amides is 1. The number of benzene rings is 2. The molecule has 186 valence electrons. The number of carbonyl (C=O) groups is 1. The molecule has 8 heteroatoms. The first kappa shape index (κ1) is 24.7. The van der Waals surface area contributed by atoms with Gasteiger partial charge in [-0.25, -0.2) is 13.9 Å². The predicted molar refractivity (Wildman–Crippen MR) is 135 cm³/mol. The maximum atomic E-state index is 13.5. The lowest BCUT2D eigenvalue weighted by molar-refractivity contribution is 0.0204. The Morgan fingerprint density at radius 2 is 1.71 bits per heavy atom. The van der Waals surface area contributed by atoms with Gasteiger partial charge in [0.1, 0.15) is 11.4 Å². The van der Waals surface area contributed by atoms with Crippen LogP contribution in [0.1, 0.15) is 44.7 Å². The Morgan fingerprint density at radius 3 is 2.31 bits per heavy atom. The van der Waals surface area contributed by atoms with Crippen LogP contribution in [-0.2, 0) is 18.3 Å². The minimum absolute atomic E-state index is 0.131. The quantitative estimate of drug-likeness (QED) is 0.495. The maximum absolute atomic E-state index is 13.5. The smallest absolute Gasteiger partial charge is 0.410 e. The molecule has 2 heterocycles. The van der Waals surface area contributed by atoms with E-state index in [4.69, 9.17) is 14.8 Å². The lowest BCUT2D eigenvalue weighted by Crippen LogP contribution is -2.48. The normalized spacial score (nSPS) is 14.7. The highest BCUT2D eigenvalue weighted by Crippen LogP contribution is 2.27. The van der Waals surface area contributed by atoms with E-state index in [1.807, 2.05) is 40.0 Å². The molecule has 1 aliphatic heterocycles. The summed E-state index contributed by atoms with van der Waals surface area (Å²) in [5, 5.41) is 4.75. The zero-order valence-electron chi connectivity index (χ0n) is 21.2. The van der Waals surface area contributed by atoms with Gasteiger partial charge in [0.2, 0.25) is 5.95 Å². The van der Waals surface area contributed by atoms with Crippen LogP contribution >= 0.6 is 0 Å². The first-order chi connectivity index (χ1) is 16.6. The van der Waals surface area contributed by atoms with Crippen molar-refractivity contribution >= 4 is 12.0 Å². The van der Waals surface area contributed by atoms with Crippen LogP contribution < -0.4 is 4.90 Å². The highest BCUT2D eigenvalue weighted by Gasteiger charge is 2.31. The third-order valence-electron chi connectivity index (χ3n) is 6.14. The van der Waals surface area contributed by atoms with Gasteiger partial charge in [0.25, 0.3) is 0 Å². The molecule has 4 rings (SSSR count). The molecule has 3 aromatic rings. The Balaban J connectivity index is 1.57. The highest BCUT2D eigenvalue weighted by molar-refractivity contribution is 5.68. The minimum Gasteiger partial charge on any atom is -0.444 e. The van der Waals surface area contributed by atoms with Gasteiger partial charge >= 0.3 is 6.09 Å². The van der Waals surface area contributed by atoms with Crippen molar-refractivity contribution in [1.82, 2.24) is 19.7 Å². The number of hydrogen-bond acceptors (Lipinski definition) is 5. The van der Waals surface area contributed by atoms with Crippen molar-refractivity contribution in [2.75, 3.05) is 18.0 Å². The van der Waals surface area contributed by atoms with Crippen molar-refractivity contribution in [1.29, 1.82) is 0 Å². The number of halogens is 1. The highest BCUT2D eigenvalue weighted by atomic mass is 19.1. The molecular formula is C27H34FN5O2. The number of likely N-dealkylation sites (tertiary alicyclic amines) is 1. The van der Waals surface area contributed by atoms with Gasteiger partial charge in [0.05, 0.1) is 0 Å². The van der Waals surface area contributed by atoms with E-state index in [1.165, 1.54) is 17.7 Å². The first-order valence-electron chi connectivity index (χ1n) is 12.1. The van der Waals surface area contributed by atoms with Gasteiger partial charge in [-0.3, -0.25) is 0 Å². The minimum atomic E-state index is -0.521. The first-order valence-corrected chi connectivity index (χ1v) is 12.1. The summed E-state index contributed by atoms with van der Waals surface area (Å²) >= 11 is 0. The number of aromatic nitrogens is 3. The molecule has 0 bridgehead atoms. The van der Waals surface area contributed by atoms with Crippen LogP contribution in [0.2, 0.25) is 0 Å². The third-order valence-corrected chi connectivity index (χ3v) is 6.14. The number of carbonyl (C=O) groups excluding carboxylic acids is 1. The number of piperidine rings is 1. The molecule has 0 spiro atoms. The Labute approximate surface area is 206 Å². The molecule has 1 fully saturated rings. The van der Waals surface area contributed by atoms with Gasteiger partial charge in [-0.2, -0.15) is 4.98 Å². The molecule has 0 radical (unpaired) electrons. The van der Waals surface area contributed by atoms with Crippen LogP contribution in [0.3, 0.4) is 0 Å². The lowest BCUT2D eigenvalue weighted by atomic mass is 10.0. The average molecular weight is 480 g/mol. The Kier molecular flexibility index (Phi) is 7.10. The molecule has 7 nitrogen and oxygen atoms in total. The Bertz CT molecular complexity index is 1140. The second-order valence-corrected chi connectivity index (χ2v) is 10.2. The van der Waals surface area contributed by atoms with E-state index in [9.17, 15) is 9.18 Å². The zero-order valence-corrected chi connectivity index (χ0v) is 21.2. The monoisotopic (exact) mass is 479 g/mol. The molecule has 0 aliphatic carbocycles. The van der Waals surface area contributed by atoms with E-state index in [1.54, 1.807) is 21.7 Å². The van der Waals surface area contributed by atoms with Crippen LogP contribution in [0.25, 0.3) is 11.4 Å². The number of anilines is 1. The van der Waals surface area contributed by atoms with E-state index in [-0.39, 0.29) is 18.0 Å². The van der Waals surface area contributed by atoms with Gasteiger partial charge in [0, 0.05) is 38.3 Å². The fourth-order valence-corrected chi connectivity index (χ4v) is 4.28. The summed E-state index contributed by atoms with van der Waals surface area (Å²) in [5.74, 6) is 1.15. The number of hydrogen-bond donors (Lipinski definition) is 0. The molecule has 1 aliphatic rings. The fraction of sp³-hybridized carbons (Fsp3) is 0.444. The predicted octanol–water partition coefficient (Wildman–Crippen LogP) is 5.34. The van der Waals surface area contributed by atoms with E-state index in [0.29, 0.717) is 25.6 Å². The Morgan fingerprint density at radius 1 is 1.09 bits per heavy atom. The Hall–Kier alpha value is -3.42. The van der Waals surface area contributed by atoms with Gasteiger partial charge < -0.3 is 14.5 Å². The number of aryl methyl sites for hydroxylation is 2. The molecule has 1 aromatic heterocycles. The van der Waals surface area contributed by atoms with E-state index in [0.717, 1.165) is 29.8 Å². The van der Waals surface area contributed by atoms with Crippen LogP contribution in [0.4, 0.5) is 15.1 Å². The third kappa shape index (κ3) is 6.18. The van der Waals surface area contributed by atoms with Crippen molar-refractivity contribution in [3.63, 3.8) is 0 Å². The lowest BCUT2D eigenvalue weighted by Gasteiger charge is -2.38. The van der Waals surface area contributed by atoms with Crippen LogP contribution in [0.15, 0.2) is 48.5 Å². The van der Waals surface area contributed by atoms with Crippen molar-refractivity contribution in [3.8, 4) is 11.4 Å². The maximum Gasteiger partial charge on any atom is 0.410 e. The van der Waals surface area contributed by atoms with Gasteiger partial charge in [0.15, 0.2) is 5.82 Å². The molecule has 2 aromatic carbocycles. The van der Waals surface area contributed by atoms with Crippen molar-refractivity contribution < 1.29 is 13.9 Å². The number of rotatable bonds is 5. The molecule has 0 unspecified atom stereocenters. The fourth-order valence-electron chi connectivity index (χ4n) is 4.28. The summed E-state index contributed by atoms with van der Waals surface area (Å²) in [7, 11) is 1.90. The van der Waals surface area contributed by atoms with Gasteiger partial charge in [-0.1, -0.05) is 42.0 Å². The molecule has 0 saturated carbocycles. The van der Waals surface area contributed by atoms with Gasteiger partial charge in [-0.05, 0) is 58.2 Å². The summed E-state index contributed by atoms with van der Waals surface area (Å²) in [6, 6.07) is 14.9.